The van der Waals surface area contributed by atoms with Crippen LogP contribution in [0.3, 0.4) is 0 Å². The molecule has 10 aromatic rings. The van der Waals surface area contributed by atoms with Crippen molar-refractivity contribution in [3.63, 3.8) is 0 Å². The molecule has 0 spiro atoms. The summed E-state index contributed by atoms with van der Waals surface area (Å²) in [5.41, 5.74) is 8.59. The number of furan rings is 2. The molecule has 5 nitrogen and oxygen atoms in total. The fourth-order valence-corrected chi connectivity index (χ4v) is 8.82. The molecule has 0 amide bonds. The highest BCUT2D eigenvalue weighted by Gasteiger charge is 2.23. The van der Waals surface area contributed by atoms with Gasteiger partial charge in [-0.15, -0.1) is 11.3 Å². The summed E-state index contributed by atoms with van der Waals surface area (Å²) in [4.78, 5) is 15.3. The van der Waals surface area contributed by atoms with Crippen LogP contribution < -0.4 is 0 Å². The zero-order valence-corrected chi connectivity index (χ0v) is 28.1. The van der Waals surface area contributed by atoms with Crippen molar-refractivity contribution in [1.82, 2.24) is 15.0 Å². The van der Waals surface area contributed by atoms with Crippen LogP contribution in [-0.4, -0.2) is 15.0 Å². The molecule has 0 saturated heterocycles. The molecule has 0 bridgehead atoms. The lowest BCUT2D eigenvalue weighted by atomic mass is 9.94. The predicted octanol–water partition coefficient (Wildman–Crippen LogP) is 12.5. The van der Waals surface area contributed by atoms with Gasteiger partial charge in [0.1, 0.15) is 22.5 Å². The molecule has 0 aliphatic heterocycles. The van der Waals surface area contributed by atoms with Crippen molar-refractivity contribution in [2.24, 2.45) is 0 Å². The van der Waals surface area contributed by atoms with Gasteiger partial charge in [0.25, 0.3) is 0 Å². The molecule has 51 heavy (non-hydrogen) atoms. The van der Waals surface area contributed by atoms with Crippen molar-refractivity contribution in [2.45, 2.75) is 12.8 Å². The van der Waals surface area contributed by atoms with E-state index in [0.717, 1.165) is 79.3 Å². The maximum atomic E-state index is 6.76. The number of hydrogen-bond acceptors (Lipinski definition) is 6. The minimum absolute atomic E-state index is 0.602. The Kier molecular flexibility index (Phi) is 6.18. The van der Waals surface area contributed by atoms with Crippen LogP contribution in [0.2, 0.25) is 0 Å². The molecular formula is C45H27N3O2S. The molecule has 0 N–H and O–H groups in total. The van der Waals surface area contributed by atoms with Crippen LogP contribution >= 0.6 is 11.3 Å². The van der Waals surface area contributed by atoms with Gasteiger partial charge < -0.3 is 8.83 Å². The lowest BCUT2D eigenvalue weighted by Gasteiger charge is -2.09. The van der Waals surface area contributed by atoms with E-state index >= 15 is 0 Å². The summed E-state index contributed by atoms with van der Waals surface area (Å²) in [6, 6.07) is 44.0. The Labute approximate surface area is 296 Å². The summed E-state index contributed by atoms with van der Waals surface area (Å²) in [6.45, 7) is 0. The Morgan fingerprint density at radius 2 is 1.22 bits per heavy atom. The zero-order chi connectivity index (χ0) is 33.5. The van der Waals surface area contributed by atoms with E-state index < -0.39 is 0 Å². The first-order valence-electron chi connectivity index (χ1n) is 17.2. The first-order chi connectivity index (χ1) is 25.3. The number of thiophene rings is 1. The van der Waals surface area contributed by atoms with E-state index in [2.05, 4.69) is 97.1 Å². The predicted molar refractivity (Wildman–Crippen MR) is 209 cm³/mol. The third kappa shape index (κ3) is 4.43. The molecule has 6 aromatic carbocycles. The Morgan fingerprint density at radius 1 is 0.510 bits per heavy atom. The lowest BCUT2D eigenvalue weighted by molar-refractivity contribution is 0.546. The molecule has 0 saturated carbocycles. The number of benzene rings is 6. The molecule has 4 heterocycles. The van der Waals surface area contributed by atoms with Crippen molar-refractivity contribution >= 4 is 70.5 Å². The molecule has 1 aliphatic carbocycles. The standard InChI is InChI=1S/C45H27N3O2S/c1-2-11-26(12-3-1)43-46-44(27-23-24-29-28-13-5-7-22-38(28)51-39(29)25-27)48-45(47-43)34-18-10-21-37-41(34)33-17-8-16-31(42(33)50-37)30-15-9-20-36-40(30)32-14-4-6-19-35(32)49-36/h1-5,7-18,20-25H,6,19H2. The average Bonchev–Trinajstić information content (AvgIpc) is 3.89. The molecule has 0 radical (unpaired) electrons. The molecule has 0 fully saturated rings. The summed E-state index contributed by atoms with van der Waals surface area (Å²) in [5, 5.41) is 5.63. The maximum Gasteiger partial charge on any atom is 0.164 e. The second-order valence-corrected chi connectivity index (χ2v) is 14.1. The Morgan fingerprint density at radius 3 is 2.12 bits per heavy atom. The van der Waals surface area contributed by atoms with Crippen LogP contribution in [0.25, 0.3) is 104 Å². The van der Waals surface area contributed by atoms with Crippen LogP contribution in [0.4, 0.5) is 0 Å². The molecule has 1 aliphatic rings. The van der Waals surface area contributed by atoms with Gasteiger partial charge in [-0.3, -0.25) is 0 Å². The molecule has 4 aromatic heterocycles. The van der Waals surface area contributed by atoms with E-state index in [0.29, 0.717) is 17.5 Å². The molecule has 240 valence electrons. The van der Waals surface area contributed by atoms with E-state index in [1.54, 1.807) is 11.3 Å². The van der Waals surface area contributed by atoms with Crippen molar-refractivity contribution in [3.05, 3.63) is 145 Å². The first kappa shape index (κ1) is 28.5. The molecular weight excluding hydrogens is 647 g/mol. The minimum atomic E-state index is 0.602. The highest BCUT2D eigenvalue weighted by Crippen LogP contribution is 2.44. The highest BCUT2D eigenvalue weighted by molar-refractivity contribution is 7.25. The van der Waals surface area contributed by atoms with Gasteiger partial charge in [-0.25, -0.2) is 15.0 Å². The average molecular weight is 674 g/mol. The monoisotopic (exact) mass is 673 g/mol. The van der Waals surface area contributed by atoms with Gasteiger partial charge in [0.2, 0.25) is 0 Å². The largest absolute Gasteiger partial charge is 0.460 e. The number of aromatic nitrogens is 3. The number of hydrogen-bond donors (Lipinski definition) is 0. The maximum absolute atomic E-state index is 6.76. The molecule has 0 unspecified atom stereocenters. The second-order valence-electron chi connectivity index (χ2n) is 13.0. The van der Waals surface area contributed by atoms with Crippen molar-refractivity contribution in [2.75, 3.05) is 0 Å². The van der Waals surface area contributed by atoms with Crippen LogP contribution in [0.5, 0.6) is 0 Å². The van der Waals surface area contributed by atoms with E-state index in [1.165, 1.54) is 25.7 Å². The SMILES string of the molecule is C1=Cc2c(oc3cccc(-c4cccc5c4oc4cccc(-c6nc(-c7ccccc7)nc(-c7ccc8c(c7)sc7ccccc78)n6)c45)c23)CC1. The summed E-state index contributed by atoms with van der Waals surface area (Å²) < 4.78 is 15.6. The minimum Gasteiger partial charge on any atom is -0.460 e. The summed E-state index contributed by atoms with van der Waals surface area (Å²) >= 11 is 1.79. The number of rotatable bonds is 4. The van der Waals surface area contributed by atoms with Gasteiger partial charge in [0.05, 0.1) is 0 Å². The van der Waals surface area contributed by atoms with E-state index in [1.807, 2.05) is 42.5 Å². The van der Waals surface area contributed by atoms with Gasteiger partial charge in [-0.2, -0.15) is 0 Å². The highest BCUT2D eigenvalue weighted by atomic mass is 32.1. The smallest absolute Gasteiger partial charge is 0.164 e. The summed E-state index contributed by atoms with van der Waals surface area (Å²) in [6.07, 6.45) is 6.34. The second kappa shape index (κ2) is 11.1. The fourth-order valence-electron chi connectivity index (χ4n) is 7.68. The summed E-state index contributed by atoms with van der Waals surface area (Å²) in [7, 11) is 0. The Balaban J connectivity index is 1.13. The normalized spacial score (nSPS) is 12.9. The van der Waals surface area contributed by atoms with Gasteiger partial charge in [0, 0.05) is 70.6 Å². The van der Waals surface area contributed by atoms with Gasteiger partial charge in [-0.1, -0.05) is 115 Å². The van der Waals surface area contributed by atoms with E-state index in [4.69, 9.17) is 23.8 Å². The van der Waals surface area contributed by atoms with Crippen LogP contribution in [0, 0.1) is 0 Å². The van der Waals surface area contributed by atoms with Crippen LogP contribution in [0.1, 0.15) is 17.7 Å². The van der Waals surface area contributed by atoms with Gasteiger partial charge in [0.15, 0.2) is 17.5 Å². The van der Waals surface area contributed by atoms with Gasteiger partial charge in [-0.05, 0) is 36.2 Å². The number of nitrogens with zero attached hydrogens (tertiary/aromatic N) is 3. The quantitative estimate of drug-likeness (QED) is 0.186. The van der Waals surface area contributed by atoms with E-state index in [9.17, 15) is 0 Å². The summed E-state index contributed by atoms with van der Waals surface area (Å²) in [5.74, 6) is 2.91. The number of para-hydroxylation sites is 1. The van der Waals surface area contributed by atoms with Crippen LogP contribution in [0.15, 0.2) is 142 Å². The number of fused-ring (bicyclic) bond motifs is 9. The topological polar surface area (TPSA) is 65.0 Å². The van der Waals surface area contributed by atoms with Crippen LogP contribution in [-0.2, 0) is 6.42 Å². The van der Waals surface area contributed by atoms with Crippen molar-refractivity contribution in [1.29, 1.82) is 0 Å². The molecule has 6 heteroatoms. The fraction of sp³-hybridized carbons (Fsp3) is 0.0444. The third-order valence-electron chi connectivity index (χ3n) is 10.0. The van der Waals surface area contributed by atoms with E-state index in [-0.39, 0.29) is 0 Å². The molecule has 0 atom stereocenters. The lowest BCUT2D eigenvalue weighted by Crippen LogP contribution is -2.00. The number of allylic oxidation sites excluding steroid dienone is 1. The zero-order valence-electron chi connectivity index (χ0n) is 27.3. The Hall–Kier alpha value is -6.37. The van der Waals surface area contributed by atoms with Crippen molar-refractivity contribution in [3.8, 4) is 45.3 Å². The molecule has 11 rings (SSSR count). The number of aryl methyl sites for hydroxylation is 1. The van der Waals surface area contributed by atoms with Crippen molar-refractivity contribution < 1.29 is 8.83 Å². The first-order valence-corrected chi connectivity index (χ1v) is 18.0. The Bertz CT molecular complexity index is 3040. The third-order valence-corrected chi connectivity index (χ3v) is 11.1. The van der Waals surface area contributed by atoms with Gasteiger partial charge >= 0.3 is 0 Å².